The summed E-state index contributed by atoms with van der Waals surface area (Å²) in [4.78, 5) is 24.1. The van der Waals surface area contributed by atoms with Gasteiger partial charge in [0, 0.05) is 11.8 Å². The molecule has 2 heterocycles. The van der Waals surface area contributed by atoms with Crippen molar-refractivity contribution in [1.29, 1.82) is 5.26 Å². The molecule has 1 N–H and O–H groups in total. The maximum atomic E-state index is 12.2. The first-order valence-electron chi connectivity index (χ1n) is 7.22. The highest BCUT2D eigenvalue weighted by molar-refractivity contribution is 7.14. The first-order valence-corrected chi connectivity index (χ1v) is 8.10. The van der Waals surface area contributed by atoms with Gasteiger partial charge in [0.2, 0.25) is 5.91 Å². The number of amides is 1. The van der Waals surface area contributed by atoms with Crippen molar-refractivity contribution >= 4 is 22.2 Å². The first kappa shape index (κ1) is 17.0. The standard InChI is InChI=1S/C17H19N3O2S/c1-11-6-5-7-20(16(11)22)9-14(21)19-15-12(8-18)13(10-23-15)17(2,3)4/h5-7,10H,9H2,1-4H3,(H,19,21). The van der Waals surface area contributed by atoms with Crippen LogP contribution in [0.15, 0.2) is 28.5 Å². The number of carbonyl (C=O) groups is 1. The zero-order valence-corrected chi connectivity index (χ0v) is 14.5. The summed E-state index contributed by atoms with van der Waals surface area (Å²) >= 11 is 1.33. The van der Waals surface area contributed by atoms with Gasteiger partial charge in [-0.25, -0.2) is 0 Å². The molecule has 0 aromatic carbocycles. The Morgan fingerprint density at radius 3 is 2.74 bits per heavy atom. The molecule has 23 heavy (non-hydrogen) atoms. The fourth-order valence-corrected chi connectivity index (χ4v) is 3.37. The molecule has 0 fully saturated rings. The van der Waals surface area contributed by atoms with Crippen molar-refractivity contribution in [2.75, 3.05) is 5.32 Å². The molecule has 1 amide bonds. The fourth-order valence-electron chi connectivity index (χ4n) is 2.21. The van der Waals surface area contributed by atoms with Crippen LogP contribution >= 0.6 is 11.3 Å². The SMILES string of the molecule is Cc1cccn(CC(=O)Nc2scc(C(C)(C)C)c2C#N)c1=O. The number of nitriles is 1. The Bertz CT molecular complexity index is 835. The average molecular weight is 329 g/mol. The lowest BCUT2D eigenvalue weighted by Crippen LogP contribution is -2.28. The highest BCUT2D eigenvalue weighted by Crippen LogP contribution is 2.35. The van der Waals surface area contributed by atoms with E-state index in [-0.39, 0.29) is 23.4 Å². The summed E-state index contributed by atoms with van der Waals surface area (Å²) in [5.74, 6) is -0.323. The minimum Gasteiger partial charge on any atom is -0.315 e. The second-order valence-corrected chi connectivity index (χ2v) is 7.27. The molecule has 0 aliphatic heterocycles. The molecule has 2 aromatic heterocycles. The quantitative estimate of drug-likeness (QED) is 0.940. The Kier molecular flexibility index (Phi) is 4.71. The van der Waals surface area contributed by atoms with Crippen molar-refractivity contribution in [3.8, 4) is 6.07 Å². The molecular formula is C17H19N3O2S. The van der Waals surface area contributed by atoms with Gasteiger partial charge in [-0.1, -0.05) is 26.8 Å². The minimum absolute atomic E-state index is 0.0753. The predicted octanol–water partition coefficient (Wildman–Crippen LogP) is 3.03. The Labute approximate surface area is 139 Å². The number of hydrogen-bond donors (Lipinski definition) is 1. The molecule has 2 aromatic rings. The molecular weight excluding hydrogens is 310 g/mol. The van der Waals surface area contributed by atoms with E-state index in [4.69, 9.17) is 0 Å². The van der Waals surface area contributed by atoms with Gasteiger partial charge in [0.1, 0.15) is 17.6 Å². The van der Waals surface area contributed by atoms with Crippen LogP contribution in [0, 0.1) is 18.3 Å². The second-order valence-electron chi connectivity index (χ2n) is 6.39. The summed E-state index contributed by atoms with van der Waals surface area (Å²) in [5, 5.41) is 14.6. The zero-order chi connectivity index (χ0) is 17.2. The number of nitrogens with zero attached hydrogens (tertiary/aromatic N) is 2. The van der Waals surface area contributed by atoms with Crippen molar-refractivity contribution in [2.24, 2.45) is 0 Å². The highest BCUT2D eigenvalue weighted by atomic mass is 32.1. The van der Waals surface area contributed by atoms with E-state index in [9.17, 15) is 14.9 Å². The predicted molar refractivity (Wildman–Crippen MR) is 91.8 cm³/mol. The smallest absolute Gasteiger partial charge is 0.253 e. The van der Waals surface area contributed by atoms with Crippen LogP contribution in [-0.4, -0.2) is 10.5 Å². The molecule has 0 atom stereocenters. The topological polar surface area (TPSA) is 74.9 Å². The van der Waals surface area contributed by atoms with E-state index >= 15 is 0 Å². The number of aromatic nitrogens is 1. The van der Waals surface area contributed by atoms with E-state index < -0.39 is 0 Å². The summed E-state index contributed by atoms with van der Waals surface area (Å²) < 4.78 is 1.36. The summed E-state index contributed by atoms with van der Waals surface area (Å²) in [7, 11) is 0. The van der Waals surface area contributed by atoms with Crippen LogP contribution in [-0.2, 0) is 16.8 Å². The highest BCUT2D eigenvalue weighted by Gasteiger charge is 2.23. The molecule has 6 heteroatoms. The summed E-state index contributed by atoms with van der Waals surface area (Å²) in [6, 6.07) is 5.61. The summed E-state index contributed by atoms with van der Waals surface area (Å²) in [5.41, 5.74) is 1.63. The lowest BCUT2D eigenvalue weighted by molar-refractivity contribution is -0.116. The Balaban J connectivity index is 2.22. The zero-order valence-electron chi connectivity index (χ0n) is 13.6. The second kappa shape index (κ2) is 6.39. The van der Waals surface area contributed by atoms with Gasteiger partial charge >= 0.3 is 0 Å². The first-order chi connectivity index (χ1) is 10.7. The van der Waals surface area contributed by atoms with Crippen molar-refractivity contribution < 1.29 is 4.79 Å². The maximum absolute atomic E-state index is 12.2. The maximum Gasteiger partial charge on any atom is 0.253 e. The third kappa shape index (κ3) is 3.69. The Morgan fingerprint density at radius 1 is 1.43 bits per heavy atom. The van der Waals surface area contributed by atoms with E-state index in [1.165, 1.54) is 15.9 Å². The van der Waals surface area contributed by atoms with Gasteiger partial charge in [0.25, 0.3) is 5.56 Å². The summed E-state index contributed by atoms with van der Waals surface area (Å²) in [6.07, 6.45) is 1.58. The number of pyridine rings is 1. The third-order valence-corrected chi connectivity index (χ3v) is 4.38. The van der Waals surface area contributed by atoms with Crippen LogP contribution in [0.4, 0.5) is 5.00 Å². The lowest BCUT2D eigenvalue weighted by Gasteiger charge is -2.17. The number of hydrogen-bond acceptors (Lipinski definition) is 4. The van der Waals surface area contributed by atoms with E-state index in [1.54, 1.807) is 25.3 Å². The van der Waals surface area contributed by atoms with Crippen LogP contribution in [0.3, 0.4) is 0 Å². The number of rotatable bonds is 3. The van der Waals surface area contributed by atoms with E-state index in [2.05, 4.69) is 11.4 Å². The van der Waals surface area contributed by atoms with Crippen LogP contribution in [0.1, 0.15) is 37.5 Å². The van der Waals surface area contributed by atoms with Gasteiger partial charge in [-0.3, -0.25) is 9.59 Å². The lowest BCUT2D eigenvalue weighted by atomic mass is 9.86. The van der Waals surface area contributed by atoms with Gasteiger partial charge in [-0.05, 0) is 29.3 Å². The minimum atomic E-state index is -0.323. The van der Waals surface area contributed by atoms with Gasteiger partial charge in [-0.2, -0.15) is 5.26 Å². The number of thiophene rings is 1. The third-order valence-electron chi connectivity index (χ3n) is 3.49. The van der Waals surface area contributed by atoms with Gasteiger partial charge in [0.05, 0.1) is 5.56 Å². The van der Waals surface area contributed by atoms with Crippen LogP contribution in [0.2, 0.25) is 0 Å². The number of aryl methyl sites for hydroxylation is 1. The van der Waals surface area contributed by atoms with E-state index in [0.29, 0.717) is 16.1 Å². The summed E-state index contributed by atoms with van der Waals surface area (Å²) in [6.45, 7) is 7.70. The number of anilines is 1. The van der Waals surface area contributed by atoms with E-state index in [1.807, 2.05) is 26.2 Å². The number of nitrogens with one attached hydrogen (secondary N) is 1. The van der Waals surface area contributed by atoms with Crippen molar-refractivity contribution in [2.45, 2.75) is 39.7 Å². The number of carbonyl (C=O) groups excluding carboxylic acids is 1. The molecule has 0 aliphatic rings. The van der Waals surface area contributed by atoms with Crippen molar-refractivity contribution in [3.05, 3.63) is 50.8 Å². The Morgan fingerprint density at radius 2 is 2.13 bits per heavy atom. The average Bonchev–Trinajstić information content (AvgIpc) is 2.86. The molecule has 120 valence electrons. The van der Waals surface area contributed by atoms with Crippen LogP contribution in [0.25, 0.3) is 0 Å². The van der Waals surface area contributed by atoms with Crippen LogP contribution in [0.5, 0.6) is 0 Å². The molecule has 0 spiro atoms. The van der Waals surface area contributed by atoms with E-state index in [0.717, 1.165) is 5.56 Å². The molecule has 5 nitrogen and oxygen atoms in total. The fraction of sp³-hybridized carbons (Fsp3) is 0.353. The monoisotopic (exact) mass is 329 g/mol. The van der Waals surface area contributed by atoms with Crippen LogP contribution < -0.4 is 10.9 Å². The van der Waals surface area contributed by atoms with Crippen molar-refractivity contribution in [1.82, 2.24) is 4.57 Å². The molecule has 0 saturated carbocycles. The van der Waals surface area contributed by atoms with Gasteiger partial charge < -0.3 is 9.88 Å². The van der Waals surface area contributed by atoms with Crippen molar-refractivity contribution in [3.63, 3.8) is 0 Å². The normalized spacial score (nSPS) is 11.1. The Hall–Kier alpha value is -2.39. The molecule has 0 unspecified atom stereocenters. The molecule has 0 aliphatic carbocycles. The van der Waals surface area contributed by atoms with Gasteiger partial charge in [-0.15, -0.1) is 11.3 Å². The molecule has 0 radical (unpaired) electrons. The molecule has 0 saturated heterocycles. The molecule has 2 rings (SSSR count). The largest absolute Gasteiger partial charge is 0.315 e. The molecule has 0 bridgehead atoms. The van der Waals surface area contributed by atoms with Gasteiger partial charge in [0.15, 0.2) is 0 Å².